The molecule has 2 aromatic carbocycles. The number of hydrogen-bond acceptors (Lipinski definition) is 6. The van der Waals surface area contributed by atoms with Gasteiger partial charge in [-0.1, -0.05) is 42.5 Å². The summed E-state index contributed by atoms with van der Waals surface area (Å²) in [5, 5.41) is 11.4. The van der Waals surface area contributed by atoms with Crippen LogP contribution in [-0.2, 0) is 35.3 Å². The van der Waals surface area contributed by atoms with Crippen LogP contribution in [0.1, 0.15) is 12.5 Å². The highest BCUT2D eigenvalue weighted by Crippen LogP contribution is 2.22. The number of fused-ring (bicyclic) bond motifs is 1. The molecule has 2 atom stereocenters. The smallest absolute Gasteiger partial charge is 0.307 e. The SMILES string of the molecule is CO[C@@H](COC(C)=O)CS(=O)(=O)C[C@@H](Cc1cccc2ccccc12)C(=O)O. The van der Waals surface area contributed by atoms with Crippen LogP contribution in [-0.4, -0.2) is 56.8 Å². The number of carbonyl (C=O) groups is 2. The van der Waals surface area contributed by atoms with Crippen molar-refractivity contribution in [2.24, 2.45) is 5.92 Å². The molecule has 0 aliphatic rings. The molecule has 152 valence electrons. The van der Waals surface area contributed by atoms with E-state index in [9.17, 15) is 23.1 Å². The van der Waals surface area contributed by atoms with Crippen LogP contribution < -0.4 is 0 Å². The molecule has 0 fully saturated rings. The molecule has 2 rings (SSSR count). The van der Waals surface area contributed by atoms with E-state index >= 15 is 0 Å². The van der Waals surface area contributed by atoms with E-state index in [0.717, 1.165) is 16.3 Å². The molecule has 0 aromatic heterocycles. The summed E-state index contributed by atoms with van der Waals surface area (Å²) in [6.07, 6.45) is -0.752. The molecule has 28 heavy (non-hydrogen) atoms. The number of ether oxygens (including phenoxy) is 2. The van der Waals surface area contributed by atoms with Crippen LogP contribution in [0.5, 0.6) is 0 Å². The first-order valence-electron chi connectivity index (χ1n) is 8.78. The number of carboxylic acids is 1. The molecule has 8 heteroatoms. The van der Waals surface area contributed by atoms with Crippen molar-refractivity contribution in [3.05, 3.63) is 48.0 Å². The number of rotatable bonds is 10. The van der Waals surface area contributed by atoms with Gasteiger partial charge in [-0.25, -0.2) is 8.42 Å². The molecule has 0 heterocycles. The third-order valence-electron chi connectivity index (χ3n) is 4.40. The molecule has 2 aromatic rings. The Morgan fingerprint density at radius 3 is 2.39 bits per heavy atom. The molecule has 0 aliphatic carbocycles. The van der Waals surface area contributed by atoms with Crippen molar-refractivity contribution in [1.82, 2.24) is 0 Å². The fourth-order valence-corrected chi connectivity index (χ4v) is 4.81. The van der Waals surface area contributed by atoms with Gasteiger partial charge < -0.3 is 14.6 Å². The molecule has 0 bridgehead atoms. The summed E-state index contributed by atoms with van der Waals surface area (Å²) in [6.45, 7) is 1.01. The van der Waals surface area contributed by atoms with Gasteiger partial charge in [0.1, 0.15) is 12.7 Å². The van der Waals surface area contributed by atoms with Crippen molar-refractivity contribution in [2.45, 2.75) is 19.4 Å². The van der Waals surface area contributed by atoms with Crippen LogP contribution >= 0.6 is 0 Å². The van der Waals surface area contributed by atoms with Gasteiger partial charge in [-0.3, -0.25) is 9.59 Å². The van der Waals surface area contributed by atoms with Crippen LogP contribution in [0.2, 0.25) is 0 Å². The van der Waals surface area contributed by atoms with E-state index in [-0.39, 0.29) is 13.0 Å². The molecule has 0 saturated carbocycles. The second kappa shape index (κ2) is 9.66. The van der Waals surface area contributed by atoms with Gasteiger partial charge in [0.2, 0.25) is 0 Å². The van der Waals surface area contributed by atoms with Crippen LogP contribution in [0.15, 0.2) is 42.5 Å². The van der Waals surface area contributed by atoms with E-state index in [1.165, 1.54) is 14.0 Å². The van der Waals surface area contributed by atoms with Crippen LogP contribution in [0, 0.1) is 5.92 Å². The molecular weight excluding hydrogens is 384 g/mol. The lowest BCUT2D eigenvalue weighted by Crippen LogP contribution is -2.34. The van der Waals surface area contributed by atoms with E-state index in [2.05, 4.69) is 0 Å². The number of aliphatic carboxylic acids is 1. The van der Waals surface area contributed by atoms with Gasteiger partial charge in [-0.05, 0) is 22.8 Å². The van der Waals surface area contributed by atoms with Gasteiger partial charge in [-0.2, -0.15) is 0 Å². The molecule has 1 N–H and O–H groups in total. The van der Waals surface area contributed by atoms with Gasteiger partial charge in [0.05, 0.1) is 17.4 Å². The van der Waals surface area contributed by atoms with Crippen LogP contribution in [0.4, 0.5) is 0 Å². The Morgan fingerprint density at radius 2 is 1.75 bits per heavy atom. The fraction of sp³-hybridized carbons (Fsp3) is 0.400. The lowest BCUT2D eigenvalue weighted by atomic mass is 9.96. The third-order valence-corrected chi connectivity index (χ3v) is 6.19. The van der Waals surface area contributed by atoms with E-state index in [1.807, 2.05) is 42.5 Å². The first kappa shape index (κ1) is 21.8. The van der Waals surface area contributed by atoms with E-state index in [1.54, 1.807) is 0 Å². The number of methoxy groups -OCH3 is 1. The highest BCUT2D eigenvalue weighted by Gasteiger charge is 2.29. The molecule has 0 aliphatic heterocycles. The van der Waals surface area contributed by atoms with Crippen LogP contribution in [0.3, 0.4) is 0 Å². The Balaban J connectivity index is 2.15. The topological polar surface area (TPSA) is 107 Å². The Labute approximate surface area is 164 Å². The Kier molecular flexibility index (Phi) is 7.53. The average Bonchev–Trinajstić information content (AvgIpc) is 2.64. The van der Waals surface area contributed by atoms with Crippen molar-refractivity contribution in [3.8, 4) is 0 Å². The van der Waals surface area contributed by atoms with Gasteiger partial charge in [0.15, 0.2) is 9.84 Å². The number of sulfone groups is 1. The second-order valence-corrected chi connectivity index (χ2v) is 8.77. The fourth-order valence-electron chi connectivity index (χ4n) is 3.01. The maximum Gasteiger partial charge on any atom is 0.307 e. The zero-order valence-corrected chi connectivity index (χ0v) is 16.6. The summed E-state index contributed by atoms with van der Waals surface area (Å²) >= 11 is 0. The normalized spacial score (nSPS) is 13.8. The maximum atomic E-state index is 12.5. The summed E-state index contributed by atoms with van der Waals surface area (Å²) < 4.78 is 34.9. The van der Waals surface area contributed by atoms with Crippen molar-refractivity contribution < 1.29 is 32.6 Å². The zero-order chi connectivity index (χ0) is 20.7. The Bertz CT molecular complexity index is 931. The zero-order valence-electron chi connectivity index (χ0n) is 15.8. The number of carboxylic acid groups (broad SMARTS) is 1. The highest BCUT2D eigenvalue weighted by atomic mass is 32.2. The minimum absolute atomic E-state index is 0.0948. The van der Waals surface area contributed by atoms with Crippen LogP contribution in [0.25, 0.3) is 10.8 Å². The molecule has 0 spiro atoms. The van der Waals surface area contributed by atoms with Crippen molar-refractivity contribution >= 4 is 32.5 Å². The van der Waals surface area contributed by atoms with Crippen molar-refractivity contribution in [3.63, 3.8) is 0 Å². The molecule has 0 amide bonds. The summed E-state index contributed by atoms with van der Waals surface area (Å²) in [7, 11) is -2.44. The first-order chi connectivity index (χ1) is 13.2. The Hall–Kier alpha value is -2.45. The average molecular weight is 408 g/mol. The van der Waals surface area contributed by atoms with E-state index < -0.39 is 45.3 Å². The second-order valence-electron chi connectivity index (χ2n) is 6.61. The predicted octanol–water partition coefficient (Wildman–Crippen LogP) is 2.08. The summed E-state index contributed by atoms with van der Waals surface area (Å²) in [6, 6.07) is 13.1. The minimum atomic E-state index is -3.76. The van der Waals surface area contributed by atoms with Gasteiger partial charge in [0.25, 0.3) is 0 Å². The summed E-state index contributed by atoms with van der Waals surface area (Å²) in [5.41, 5.74) is 0.781. The van der Waals surface area contributed by atoms with Gasteiger partial charge in [0, 0.05) is 14.0 Å². The largest absolute Gasteiger partial charge is 0.481 e. The Morgan fingerprint density at radius 1 is 1.07 bits per heavy atom. The number of benzene rings is 2. The first-order valence-corrected chi connectivity index (χ1v) is 10.6. The lowest BCUT2D eigenvalue weighted by Gasteiger charge is -2.18. The number of carbonyl (C=O) groups excluding carboxylic acids is 1. The maximum absolute atomic E-state index is 12.5. The van der Waals surface area contributed by atoms with Crippen molar-refractivity contribution in [1.29, 1.82) is 0 Å². The standard InChI is InChI=1S/C20H24O7S/c1-14(21)27-11-18(26-2)13-28(24,25)12-17(20(22)23)10-16-8-5-7-15-6-3-4-9-19(15)16/h3-9,17-18H,10-13H2,1-2H3,(H,22,23)/t17-,18+/m1/s1. The molecular formula is C20H24O7S. The number of hydrogen-bond donors (Lipinski definition) is 1. The monoisotopic (exact) mass is 408 g/mol. The third kappa shape index (κ3) is 6.31. The minimum Gasteiger partial charge on any atom is -0.481 e. The predicted molar refractivity (Wildman–Crippen MR) is 105 cm³/mol. The van der Waals surface area contributed by atoms with Gasteiger partial charge >= 0.3 is 11.9 Å². The lowest BCUT2D eigenvalue weighted by molar-refractivity contribution is -0.144. The molecule has 7 nitrogen and oxygen atoms in total. The number of esters is 1. The summed E-state index contributed by atoms with van der Waals surface area (Å²) in [4.78, 5) is 22.6. The van der Waals surface area contributed by atoms with Crippen molar-refractivity contribution in [2.75, 3.05) is 25.2 Å². The van der Waals surface area contributed by atoms with Gasteiger partial charge in [-0.15, -0.1) is 0 Å². The quantitative estimate of drug-likeness (QED) is 0.600. The van der Waals surface area contributed by atoms with E-state index in [4.69, 9.17) is 9.47 Å². The summed E-state index contributed by atoms with van der Waals surface area (Å²) in [5.74, 6) is -3.76. The molecule has 0 radical (unpaired) electrons. The molecule has 0 unspecified atom stereocenters. The highest BCUT2D eigenvalue weighted by molar-refractivity contribution is 7.91. The molecule has 0 saturated heterocycles. The van der Waals surface area contributed by atoms with E-state index in [0.29, 0.717) is 0 Å².